The summed E-state index contributed by atoms with van der Waals surface area (Å²) in [6.45, 7) is 0. The first-order valence-electron chi connectivity index (χ1n) is 7.65. The summed E-state index contributed by atoms with van der Waals surface area (Å²) in [5.41, 5.74) is 0.789. The Hall–Kier alpha value is -4.12. The number of carbonyl (C=O) groups is 3. The highest BCUT2D eigenvalue weighted by Gasteiger charge is 2.13. The van der Waals surface area contributed by atoms with Crippen molar-refractivity contribution in [3.05, 3.63) is 71.4 Å². The molecule has 0 aliphatic heterocycles. The lowest BCUT2D eigenvalue weighted by molar-refractivity contribution is -0.112. The van der Waals surface area contributed by atoms with E-state index in [9.17, 15) is 19.6 Å². The fraction of sp³-hybridized carbons (Fsp3) is 0.0526. The van der Waals surface area contributed by atoms with Crippen molar-refractivity contribution in [1.29, 1.82) is 5.26 Å². The molecule has 2 aromatic rings. The fourth-order valence-corrected chi connectivity index (χ4v) is 2.09. The molecule has 0 saturated heterocycles. The molecule has 0 saturated carbocycles. The van der Waals surface area contributed by atoms with Crippen molar-refractivity contribution in [2.75, 3.05) is 17.7 Å². The molecule has 0 spiro atoms. The van der Waals surface area contributed by atoms with Crippen molar-refractivity contribution in [2.45, 2.75) is 0 Å². The van der Waals surface area contributed by atoms with Gasteiger partial charge < -0.3 is 20.5 Å². The number of carboxylic acid groups (broad SMARTS) is 1. The summed E-state index contributed by atoms with van der Waals surface area (Å²) in [7, 11) is 1.25. The van der Waals surface area contributed by atoms with E-state index in [1.54, 1.807) is 24.3 Å². The molecule has 0 aliphatic carbocycles. The molecule has 27 heavy (non-hydrogen) atoms. The normalized spacial score (nSPS) is 10.4. The maximum Gasteiger partial charge on any atom is 0.339 e. The van der Waals surface area contributed by atoms with Gasteiger partial charge in [-0.2, -0.15) is 5.26 Å². The van der Waals surface area contributed by atoms with Crippen LogP contribution in [0.25, 0.3) is 0 Å². The Morgan fingerprint density at radius 1 is 1.11 bits per heavy atom. The standard InChI is InChI=1S/C19H15N3O5/c1-27-19(26)15-4-2-3-5-16(15)21-11-13(10-20)17(23)22-14-8-6-12(7-9-14)18(24)25/h2-9,11,21H,1H3,(H,22,23)(H,24,25)/b13-11-. The number of hydrogen-bond acceptors (Lipinski definition) is 6. The number of ether oxygens (including phenoxy) is 1. The predicted octanol–water partition coefficient (Wildman–Crippen LogP) is 2.63. The molecular weight excluding hydrogens is 350 g/mol. The quantitative estimate of drug-likeness (QED) is 0.408. The lowest BCUT2D eigenvalue weighted by Gasteiger charge is -2.08. The van der Waals surface area contributed by atoms with Gasteiger partial charge in [0.25, 0.3) is 5.91 Å². The minimum absolute atomic E-state index is 0.0742. The van der Waals surface area contributed by atoms with Crippen LogP contribution in [0.2, 0.25) is 0 Å². The minimum atomic E-state index is -1.08. The van der Waals surface area contributed by atoms with E-state index < -0.39 is 17.8 Å². The third kappa shape index (κ3) is 4.93. The highest BCUT2D eigenvalue weighted by molar-refractivity contribution is 6.07. The minimum Gasteiger partial charge on any atom is -0.478 e. The van der Waals surface area contributed by atoms with Gasteiger partial charge >= 0.3 is 11.9 Å². The Morgan fingerprint density at radius 2 is 1.78 bits per heavy atom. The highest BCUT2D eigenvalue weighted by Crippen LogP contribution is 2.17. The van der Waals surface area contributed by atoms with Gasteiger partial charge in [0.05, 0.1) is 23.9 Å². The van der Waals surface area contributed by atoms with Crippen LogP contribution in [0.5, 0.6) is 0 Å². The summed E-state index contributed by atoms with van der Waals surface area (Å²) >= 11 is 0. The molecule has 0 aliphatic rings. The molecule has 0 radical (unpaired) electrons. The van der Waals surface area contributed by atoms with Gasteiger partial charge in [-0.05, 0) is 36.4 Å². The van der Waals surface area contributed by atoms with Crippen LogP contribution in [0.15, 0.2) is 60.3 Å². The first kappa shape index (κ1) is 19.2. The third-order valence-electron chi connectivity index (χ3n) is 3.46. The van der Waals surface area contributed by atoms with Crippen molar-refractivity contribution in [1.82, 2.24) is 0 Å². The molecule has 2 aromatic carbocycles. The highest BCUT2D eigenvalue weighted by atomic mass is 16.5. The molecule has 1 amide bonds. The molecule has 0 bridgehead atoms. The molecule has 0 atom stereocenters. The van der Waals surface area contributed by atoms with Crippen molar-refractivity contribution < 1.29 is 24.2 Å². The van der Waals surface area contributed by atoms with E-state index in [1.165, 1.54) is 43.6 Å². The number of anilines is 2. The van der Waals surface area contributed by atoms with Crippen LogP contribution in [0.4, 0.5) is 11.4 Å². The lowest BCUT2D eigenvalue weighted by atomic mass is 10.1. The molecule has 8 heteroatoms. The van der Waals surface area contributed by atoms with Crippen molar-refractivity contribution >= 4 is 29.2 Å². The molecule has 136 valence electrons. The van der Waals surface area contributed by atoms with E-state index >= 15 is 0 Å². The van der Waals surface area contributed by atoms with Crippen LogP contribution in [-0.4, -0.2) is 30.1 Å². The van der Waals surface area contributed by atoms with Crippen LogP contribution in [0.3, 0.4) is 0 Å². The van der Waals surface area contributed by atoms with Crippen molar-refractivity contribution in [3.8, 4) is 6.07 Å². The molecule has 0 heterocycles. The van der Waals surface area contributed by atoms with Gasteiger partial charge in [0.1, 0.15) is 11.6 Å². The number of carboxylic acids is 1. The van der Waals surface area contributed by atoms with Crippen LogP contribution < -0.4 is 10.6 Å². The average molecular weight is 365 g/mol. The van der Waals surface area contributed by atoms with Crippen LogP contribution >= 0.6 is 0 Å². The SMILES string of the molecule is COC(=O)c1ccccc1N/C=C(/C#N)C(=O)Nc1ccc(C(=O)O)cc1. The van der Waals surface area contributed by atoms with Crippen LogP contribution in [0.1, 0.15) is 20.7 Å². The summed E-state index contributed by atoms with van der Waals surface area (Å²) in [6, 6.07) is 13.7. The van der Waals surface area contributed by atoms with Crippen LogP contribution in [0, 0.1) is 11.3 Å². The number of para-hydroxylation sites is 1. The fourth-order valence-electron chi connectivity index (χ4n) is 2.09. The third-order valence-corrected chi connectivity index (χ3v) is 3.46. The zero-order valence-corrected chi connectivity index (χ0v) is 14.2. The summed E-state index contributed by atoms with van der Waals surface area (Å²) in [5.74, 6) is -2.34. The first-order chi connectivity index (χ1) is 13.0. The molecule has 2 rings (SSSR count). The van der Waals surface area contributed by atoms with Gasteiger partial charge in [-0.1, -0.05) is 12.1 Å². The molecule has 0 unspecified atom stereocenters. The number of aromatic carboxylic acids is 1. The number of carbonyl (C=O) groups excluding carboxylic acids is 2. The molecule has 0 fully saturated rings. The zero-order valence-electron chi connectivity index (χ0n) is 14.2. The predicted molar refractivity (Wildman–Crippen MR) is 97.1 cm³/mol. The zero-order chi connectivity index (χ0) is 19.8. The van der Waals surface area contributed by atoms with Gasteiger partial charge in [-0.15, -0.1) is 0 Å². The van der Waals surface area contributed by atoms with E-state index in [-0.39, 0.29) is 16.7 Å². The van der Waals surface area contributed by atoms with Gasteiger partial charge in [0.15, 0.2) is 0 Å². The second kappa shape index (κ2) is 8.82. The number of esters is 1. The summed E-state index contributed by atoms with van der Waals surface area (Å²) < 4.78 is 4.68. The van der Waals surface area contributed by atoms with E-state index in [1.807, 2.05) is 0 Å². The van der Waals surface area contributed by atoms with Crippen molar-refractivity contribution in [2.24, 2.45) is 0 Å². The Morgan fingerprint density at radius 3 is 2.37 bits per heavy atom. The van der Waals surface area contributed by atoms with Gasteiger partial charge in [0.2, 0.25) is 0 Å². The average Bonchev–Trinajstić information content (AvgIpc) is 2.68. The number of hydrogen-bond donors (Lipinski definition) is 3. The number of nitriles is 1. The largest absolute Gasteiger partial charge is 0.478 e. The summed E-state index contributed by atoms with van der Waals surface area (Å²) in [5, 5.41) is 23.3. The Bertz CT molecular complexity index is 943. The Balaban J connectivity index is 2.14. The van der Waals surface area contributed by atoms with Crippen molar-refractivity contribution in [3.63, 3.8) is 0 Å². The number of nitrogens with zero attached hydrogens (tertiary/aromatic N) is 1. The lowest BCUT2D eigenvalue weighted by Crippen LogP contribution is -2.15. The summed E-state index contributed by atoms with van der Waals surface area (Å²) in [6.07, 6.45) is 1.17. The van der Waals surface area contributed by atoms with E-state index in [0.717, 1.165) is 0 Å². The molecule has 8 nitrogen and oxygen atoms in total. The number of amides is 1. The van der Waals surface area contributed by atoms with Crippen LogP contribution in [-0.2, 0) is 9.53 Å². The van der Waals surface area contributed by atoms with Gasteiger partial charge in [0, 0.05) is 11.9 Å². The summed E-state index contributed by atoms with van der Waals surface area (Å²) in [4.78, 5) is 34.8. The number of benzene rings is 2. The number of methoxy groups -OCH3 is 1. The molecular formula is C19H15N3O5. The maximum absolute atomic E-state index is 12.2. The smallest absolute Gasteiger partial charge is 0.339 e. The number of nitrogens with one attached hydrogen (secondary N) is 2. The van der Waals surface area contributed by atoms with E-state index in [4.69, 9.17) is 5.11 Å². The van der Waals surface area contributed by atoms with Gasteiger partial charge in [-0.25, -0.2) is 9.59 Å². The monoisotopic (exact) mass is 365 g/mol. The second-order valence-electron chi connectivity index (χ2n) is 5.19. The maximum atomic E-state index is 12.2. The molecule has 0 aromatic heterocycles. The molecule has 3 N–H and O–H groups in total. The Kier molecular flexibility index (Phi) is 6.28. The first-order valence-corrected chi connectivity index (χ1v) is 7.65. The van der Waals surface area contributed by atoms with E-state index in [2.05, 4.69) is 15.4 Å². The van der Waals surface area contributed by atoms with Gasteiger partial charge in [-0.3, -0.25) is 4.79 Å². The van der Waals surface area contributed by atoms with E-state index in [0.29, 0.717) is 11.4 Å². The second-order valence-corrected chi connectivity index (χ2v) is 5.19. The topological polar surface area (TPSA) is 129 Å². The Labute approximate surface area is 154 Å². The number of rotatable bonds is 6.